The van der Waals surface area contributed by atoms with Crippen LogP contribution < -0.4 is 10.0 Å². The van der Waals surface area contributed by atoms with Crippen molar-refractivity contribution in [3.05, 3.63) is 29.8 Å². The lowest BCUT2D eigenvalue weighted by Crippen LogP contribution is -2.39. The highest BCUT2D eigenvalue weighted by Crippen LogP contribution is 2.13. The van der Waals surface area contributed by atoms with Gasteiger partial charge in [0.1, 0.15) is 0 Å². The zero-order valence-electron chi connectivity index (χ0n) is 13.8. The third-order valence-corrected chi connectivity index (χ3v) is 5.46. The lowest BCUT2D eigenvalue weighted by molar-refractivity contribution is -0.116. The minimum Gasteiger partial charge on any atom is -0.326 e. The second-order valence-electron chi connectivity index (χ2n) is 6.38. The molecular weight excluding hydrogens is 300 g/mol. The van der Waals surface area contributed by atoms with E-state index < -0.39 is 14.8 Å². The van der Waals surface area contributed by atoms with Crippen molar-refractivity contribution in [1.82, 2.24) is 4.72 Å². The van der Waals surface area contributed by atoms with Crippen molar-refractivity contribution in [2.24, 2.45) is 0 Å². The van der Waals surface area contributed by atoms with Gasteiger partial charge >= 0.3 is 0 Å². The standard InChI is InChI=1S/C16H26N2O3S/c1-13-8-10-14(11-9-13)18-15(19)7-5-6-12-17-22(20,21)16(2,3)4/h8-11,17H,5-7,12H2,1-4H3,(H,18,19). The molecule has 0 aliphatic heterocycles. The molecule has 1 rings (SSSR count). The molecule has 0 atom stereocenters. The maximum absolute atomic E-state index is 11.8. The predicted molar refractivity (Wildman–Crippen MR) is 90.3 cm³/mol. The second-order valence-corrected chi connectivity index (χ2v) is 8.90. The van der Waals surface area contributed by atoms with Crippen LogP contribution >= 0.6 is 0 Å². The quantitative estimate of drug-likeness (QED) is 0.757. The molecule has 1 aromatic carbocycles. The summed E-state index contributed by atoms with van der Waals surface area (Å²) >= 11 is 0. The highest BCUT2D eigenvalue weighted by atomic mass is 32.2. The van der Waals surface area contributed by atoms with Gasteiger partial charge in [0, 0.05) is 18.7 Å². The van der Waals surface area contributed by atoms with E-state index in [1.54, 1.807) is 20.8 Å². The summed E-state index contributed by atoms with van der Waals surface area (Å²) < 4.78 is 25.4. The number of anilines is 1. The first-order valence-electron chi connectivity index (χ1n) is 7.47. The van der Waals surface area contributed by atoms with E-state index in [1.807, 2.05) is 31.2 Å². The molecule has 0 saturated carbocycles. The second kappa shape index (κ2) is 7.74. The molecule has 0 radical (unpaired) electrons. The molecule has 0 bridgehead atoms. The smallest absolute Gasteiger partial charge is 0.224 e. The summed E-state index contributed by atoms with van der Waals surface area (Å²) in [5, 5.41) is 2.82. The number of amides is 1. The summed E-state index contributed by atoms with van der Waals surface area (Å²) in [4.78, 5) is 11.8. The summed E-state index contributed by atoms with van der Waals surface area (Å²) in [7, 11) is -3.30. The third kappa shape index (κ3) is 6.15. The summed E-state index contributed by atoms with van der Waals surface area (Å²) in [6.45, 7) is 7.32. The fourth-order valence-electron chi connectivity index (χ4n) is 1.69. The number of hydrogen-bond donors (Lipinski definition) is 2. The molecule has 0 unspecified atom stereocenters. The third-order valence-electron chi connectivity index (χ3n) is 3.26. The zero-order chi connectivity index (χ0) is 16.8. The summed E-state index contributed by atoms with van der Waals surface area (Å²) in [6, 6.07) is 7.61. The van der Waals surface area contributed by atoms with Crippen molar-refractivity contribution in [3.63, 3.8) is 0 Å². The number of aryl methyl sites for hydroxylation is 1. The molecule has 124 valence electrons. The Hall–Kier alpha value is -1.40. The first-order valence-corrected chi connectivity index (χ1v) is 8.96. The first kappa shape index (κ1) is 18.6. The van der Waals surface area contributed by atoms with Crippen molar-refractivity contribution < 1.29 is 13.2 Å². The average molecular weight is 326 g/mol. The SMILES string of the molecule is Cc1ccc(NC(=O)CCCCNS(=O)(=O)C(C)(C)C)cc1. The van der Waals surface area contributed by atoms with Crippen molar-refractivity contribution in [3.8, 4) is 0 Å². The number of benzene rings is 1. The van der Waals surface area contributed by atoms with Gasteiger partial charge in [0.2, 0.25) is 15.9 Å². The fourth-order valence-corrected chi connectivity index (χ4v) is 2.54. The van der Waals surface area contributed by atoms with Crippen molar-refractivity contribution in [2.75, 3.05) is 11.9 Å². The van der Waals surface area contributed by atoms with Crippen LogP contribution in [0.15, 0.2) is 24.3 Å². The van der Waals surface area contributed by atoms with E-state index in [4.69, 9.17) is 0 Å². The van der Waals surface area contributed by atoms with Crippen LogP contribution in [0.5, 0.6) is 0 Å². The summed E-state index contributed by atoms with van der Waals surface area (Å²) in [5.41, 5.74) is 1.92. The normalized spacial score (nSPS) is 12.2. The minimum absolute atomic E-state index is 0.0532. The van der Waals surface area contributed by atoms with Crippen molar-refractivity contribution >= 4 is 21.6 Å². The Morgan fingerprint density at radius 1 is 1.09 bits per heavy atom. The average Bonchev–Trinajstić information content (AvgIpc) is 2.39. The molecule has 1 amide bonds. The van der Waals surface area contributed by atoms with E-state index in [0.29, 0.717) is 25.8 Å². The van der Waals surface area contributed by atoms with Crippen LogP contribution in [0.3, 0.4) is 0 Å². The van der Waals surface area contributed by atoms with E-state index in [0.717, 1.165) is 11.3 Å². The Morgan fingerprint density at radius 3 is 2.23 bits per heavy atom. The van der Waals surface area contributed by atoms with Gasteiger partial charge in [-0.15, -0.1) is 0 Å². The molecule has 0 aromatic heterocycles. The number of hydrogen-bond acceptors (Lipinski definition) is 3. The molecule has 5 nitrogen and oxygen atoms in total. The van der Waals surface area contributed by atoms with Crippen LogP contribution in [0.2, 0.25) is 0 Å². The number of unbranched alkanes of at least 4 members (excludes halogenated alkanes) is 1. The molecule has 0 aliphatic rings. The number of rotatable bonds is 7. The molecule has 1 aromatic rings. The summed E-state index contributed by atoms with van der Waals surface area (Å²) in [5.74, 6) is -0.0532. The lowest BCUT2D eigenvalue weighted by Gasteiger charge is -2.19. The maximum Gasteiger partial charge on any atom is 0.224 e. The Morgan fingerprint density at radius 2 is 1.68 bits per heavy atom. The van der Waals surface area contributed by atoms with Gasteiger partial charge < -0.3 is 5.32 Å². The fraction of sp³-hybridized carbons (Fsp3) is 0.562. The van der Waals surface area contributed by atoms with Crippen LogP contribution in [0.1, 0.15) is 45.6 Å². The number of carbonyl (C=O) groups excluding carboxylic acids is 1. The predicted octanol–water partition coefficient (Wildman–Crippen LogP) is 2.82. The molecule has 0 saturated heterocycles. The van der Waals surface area contributed by atoms with Crippen LogP contribution in [0.25, 0.3) is 0 Å². The Balaban J connectivity index is 2.25. The van der Waals surface area contributed by atoms with Gasteiger partial charge in [-0.25, -0.2) is 13.1 Å². The van der Waals surface area contributed by atoms with Crippen molar-refractivity contribution in [2.45, 2.75) is 51.7 Å². The van der Waals surface area contributed by atoms with E-state index in [2.05, 4.69) is 10.0 Å². The number of nitrogens with one attached hydrogen (secondary N) is 2. The van der Waals surface area contributed by atoms with Crippen LogP contribution in [-0.2, 0) is 14.8 Å². The maximum atomic E-state index is 11.8. The highest BCUT2D eigenvalue weighted by molar-refractivity contribution is 7.90. The molecule has 22 heavy (non-hydrogen) atoms. The van der Waals surface area contributed by atoms with E-state index in [1.165, 1.54) is 0 Å². The Labute approximate surface area is 133 Å². The molecule has 0 spiro atoms. The first-order chi connectivity index (χ1) is 10.1. The van der Waals surface area contributed by atoms with Gasteiger partial charge in [-0.2, -0.15) is 0 Å². The van der Waals surface area contributed by atoms with Gasteiger partial charge in [0.05, 0.1) is 4.75 Å². The topological polar surface area (TPSA) is 75.3 Å². The monoisotopic (exact) mass is 326 g/mol. The molecule has 2 N–H and O–H groups in total. The van der Waals surface area contributed by atoms with Gasteiger partial charge in [-0.05, 0) is 52.7 Å². The van der Waals surface area contributed by atoms with Crippen LogP contribution in [0.4, 0.5) is 5.69 Å². The van der Waals surface area contributed by atoms with Gasteiger partial charge in [0.15, 0.2) is 0 Å². The minimum atomic E-state index is -3.30. The number of sulfonamides is 1. The van der Waals surface area contributed by atoms with Crippen LogP contribution in [-0.4, -0.2) is 25.6 Å². The van der Waals surface area contributed by atoms with Gasteiger partial charge in [-0.3, -0.25) is 4.79 Å². The van der Waals surface area contributed by atoms with Gasteiger partial charge in [0.25, 0.3) is 0 Å². The zero-order valence-corrected chi connectivity index (χ0v) is 14.6. The molecule has 6 heteroatoms. The molecule has 0 heterocycles. The van der Waals surface area contributed by atoms with Crippen molar-refractivity contribution in [1.29, 1.82) is 0 Å². The van der Waals surface area contributed by atoms with E-state index in [9.17, 15) is 13.2 Å². The van der Waals surface area contributed by atoms with E-state index in [-0.39, 0.29) is 5.91 Å². The molecular formula is C16H26N2O3S. The van der Waals surface area contributed by atoms with Crippen LogP contribution in [0, 0.1) is 6.92 Å². The van der Waals surface area contributed by atoms with Gasteiger partial charge in [-0.1, -0.05) is 17.7 Å². The highest BCUT2D eigenvalue weighted by Gasteiger charge is 2.27. The number of carbonyl (C=O) groups is 1. The largest absolute Gasteiger partial charge is 0.326 e. The molecule has 0 aliphatic carbocycles. The Kier molecular flexibility index (Phi) is 6.56. The summed E-state index contributed by atoms with van der Waals surface area (Å²) in [6.07, 6.45) is 1.66. The lowest BCUT2D eigenvalue weighted by atomic mass is 10.2. The van der Waals surface area contributed by atoms with E-state index >= 15 is 0 Å². The Bertz CT molecular complexity index is 587. The molecule has 0 fully saturated rings.